The lowest BCUT2D eigenvalue weighted by Crippen LogP contribution is -2.36. The van der Waals surface area contributed by atoms with Crippen LogP contribution in [0.3, 0.4) is 0 Å². The molecular formula is C23H32FN3O. The summed E-state index contributed by atoms with van der Waals surface area (Å²) < 4.78 is 15.4. The SMILES string of the molecule is Cc1c(C(=O)N[C@H]2CCN(C)C2)cc(C(C)(C)C)n1CCc1ccc(F)cc1. The summed E-state index contributed by atoms with van der Waals surface area (Å²) in [5.41, 5.74) is 3.93. The second kappa shape index (κ2) is 8.08. The molecule has 0 unspecified atom stereocenters. The highest BCUT2D eigenvalue weighted by atomic mass is 19.1. The van der Waals surface area contributed by atoms with E-state index >= 15 is 0 Å². The van der Waals surface area contributed by atoms with Crippen LogP contribution in [0.4, 0.5) is 4.39 Å². The minimum atomic E-state index is -0.215. The zero-order valence-electron chi connectivity index (χ0n) is 17.7. The Kier molecular flexibility index (Phi) is 5.94. The lowest BCUT2D eigenvalue weighted by Gasteiger charge is -2.22. The number of aryl methyl sites for hydroxylation is 1. The Balaban J connectivity index is 1.82. The van der Waals surface area contributed by atoms with Crippen LogP contribution in [0.25, 0.3) is 0 Å². The van der Waals surface area contributed by atoms with E-state index in [-0.39, 0.29) is 23.2 Å². The van der Waals surface area contributed by atoms with Gasteiger partial charge in [0.15, 0.2) is 0 Å². The molecule has 0 radical (unpaired) electrons. The fraction of sp³-hybridized carbons (Fsp3) is 0.522. The van der Waals surface area contributed by atoms with Crippen LogP contribution >= 0.6 is 0 Å². The minimum absolute atomic E-state index is 0.0174. The summed E-state index contributed by atoms with van der Waals surface area (Å²) in [4.78, 5) is 15.2. The molecule has 2 heterocycles. The van der Waals surface area contributed by atoms with Crippen molar-refractivity contribution >= 4 is 5.91 Å². The van der Waals surface area contributed by atoms with E-state index in [4.69, 9.17) is 0 Å². The molecule has 3 rings (SSSR count). The Bertz CT molecular complexity index is 833. The van der Waals surface area contributed by atoms with Gasteiger partial charge in [0.05, 0.1) is 5.56 Å². The van der Waals surface area contributed by atoms with Crippen molar-refractivity contribution in [3.8, 4) is 0 Å². The Morgan fingerprint density at radius 3 is 2.50 bits per heavy atom. The number of likely N-dealkylation sites (N-methyl/N-ethyl adjacent to an activating group) is 1. The lowest BCUT2D eigenvalue weighted by molar-refractivity contribution is 0.0937. The lowest BCUT2D eigenvalue weighted by atomic mass is 9.91. The molecule has 2 aromatic rings. The number of carbonyl (C=O) groups is 1. The molecule has 0 saturated carbocycles. The number of nitrogens with one attached hydrogen (secondary N) is 1. The first-order valence-electron chi connectivity index (χ1n) is 10.1. The summed E-state index contributed by atoms with van der Waals surface area (Å²) in [7, 11) is 2.08. The van der Waals surface area contributed by atoms with Gasteiger partial charge in [0.2, 0.25) is 0 Å². The van der Waals surface area contributed by atoms with Crippen molar-refractivity contribution in [1.82, 2.24) is 14.8 Å². The van der Waals surface area contributed by atoms with Crippen LogP contribution in [0.1, 0.15) is 54.5 Å². The highest BCUT2D eigenvalue weighted by Crippen LogP contribution is 2.28. The van der Waals surface area contributed by atoms with E-state index in [0.29, 0.717) is 0 Å². The van der Waals surface area contributed by atoms with Crippen molar-refractivity contribution in [3.63, 3.8) is 0 Å². The van der Waals surface area contributed by atoms with Crippen LogP contribution in [0.5, 0.6) is 0 Å². The third-order valence-corrected chi connectivity index (χ3v) is 5.64. The van der Waals surface area contributed by atoms with Gasteiger partial charge in [0, 0.05) is 35.9 Å². The quantitative estimate of drug-likeness (QED) is 0.847. The summed E-state index contributed by atoms with van der Waals surface area (Å²) >= 11 is 0. The number of benzene rings is 1. The highest BCUT2D eigenvalue weighted by Gasteiger charge is 2.27. The first-order valence-corrected chi connectivity index (χ1v) is 10.1. The standard InChI is InChI=1S/C23H32FN3O/c1-16-20(22(28)25-19-11-12-26(5)15-19)14-21(23(2,3)4)27(16)13-10-17-6-8-18(24)9-7-17/h6-9,14,19H,10-13,15H2,1-5H3,(H,25,28)/t19-/m0/s1. The Morgan fingerprint density at radius 1 is 1.25 bits per heavy atom. The number of nitrogens with zero attached hydrogens (tertiary/aromatic N) is 2. The van der Waals surface area contributed by atoms with E-state index in [1.54, 1.807) is 0 Å². The van der Waals surface area contributed by atoms with Gasteiger partial charge in [-0.1, -0.05) is 32.9 Å². The average Bonchev–Trinajstić information content (AvgIpc) is 3.17. The third kappa shape index (κ3) is 4.64. The van der Waals surface area contributed by atoms with Gasteiger partial charge in [-0.3, -0.25) is 4.79 Å². The van der Waals surface area contributed by atoms with Gasteiger partial charge < -0.3 is 14.8 Å². The number of amides is 1. The number of carbonyl (C=O) groups excluding carboxylic acids is 1. The Morgan fingerprint density at radius 2 is 1.93 bits per heavy atom. The van der Waals surface area contributed by atoms with E-state index in [0.717, 1.165) is 55.0 Å². The molecule has 5 heteroatoms. The van der Waals surface area contributed by atoms with E-state index in [1.165, 1.54) is 12.1 Å². The molecule has 0 spiro atoms. The molecule has 0 aliphatic carbocycles. The van der Waals surface area contributed by atoms with Crippen LogP contribution in [0, 0.1) is 12.7 Å². The third-order valence-electron chi connectivity index (χ3n) is 5.64. The summed E-state index contributed by atoms with van der Waals surface area (Å²) in [5, 5.41) is 3.20. The number of aromatic nitrogens is 1. The molecule has 0 bridgehead atoms. The van der Waals surface area contributed by atoms with Crippen LogP contribution in [-0.4, -0.2) is 41.6 Å². The molecule has 1 fully saturated rings. The summed E-state index contributed by atoms with van der Waals surface area (Å²) in [6.07, 6.45) is 1.80. The number of hydrogen-bond donors (Lipinski definition) is 1. The second-order valence-corrected chi connectivity index (χ2v) is 9.03. The van der Waals surface area contributed by atoms with Crippen molar-refractivity contribution in [3.05, 3.63) is 58.7 Å². The van der Waals surface area contributed by atoms with Crippen LogP contribution < -0.4 is 5.32 Å². The molecule has 1 amide bonds. The number of halogens is 1. The van der Waals surface area contributed by atoms with E-state index in [2.05, 4.69) is 42.6 Å². The number of hydrogen-bond acceptors (Lipinski definition) is 2. The van der Waals surface area contributed by atoms with Crippen molar-refractivity contribution in [2.45, 2.75) is 58.5 Å². The molecule has 1 aliphatic rings. The number of likely N-dealkylation sites (tertiary alicyclic amines) is 1. The molecule has 1 N–H and O–H groups in total. The van der Waals surface area contributed by atoms with Gasteiger partial charge in [0.25, 0.3) is 5.91 Å². The van der Waals surface area contributed by atoms with E-state index in [1.807, 2.05) is 25.1 Å². The molecule has 1 saturated heterocycles. The van der Waals surface area contributed by atoms with Crippen LogP contribution in [0.2, 0.25) is 0 Å². The zero-order chi connectivity index (χ0) is 20.5. The normalized spacial score (nSPS) is 17.9. The summed E-state index contributed by atoms with van der Waals surface area (Å²) in [5.74, 6) is -0.198. The van der Waals surface area contributed by atoms with Crippen molar-refractivity contribution in [2.24, 2.45) is 0 Å². The molecule has 1 aromatic carbocycles. The first-order chi connectivity index (χ1) is 13.1. The maximum absolute atomic E-state index is 13.2. The van der Waals surface area contributed by atoms with Crippen LogP contribution in [-0.2, 0) is 18.4 Å². The molecule has 1 aliphatic heterocycles. The zero-order valence-corrected chi connectivity index (χ0v) is 17.7. The molecule has 1 atom stereocenters. The van der Waals surface area contributed by atoms with Crippen molar-refractivity contribution in [2.75, 3.05) is 20.1 Å². The summed E-state index contributed by atoms with van der Waals surface area (Å²) in [6.45, 7) is 11.2. The maximum Gasteiger partial charge on any atom is 0.253 e. The van der Waals surface area contributed by atoms with E-state index in [9.17, 15) is 9.18 Å². The maximum atomic E-state index is 13.2. The number of rotatable bonds is 5. The van der Waals surface area contributed by atoms with Gasteiger partial charge in [-0.05, 0) is 57.1 Å². The molecule has 1 aromatic heterocycles. The molecule has 4 nitrogen and oxygen atoms in total. The van der Waals surface area contributed by atoms with Gasteiger partial charge in [-0.15, -0.1) is 0 Å². The van der Waals surface area contributed by atoms with Crippen molar-refractivity contribution < 1.29 is 9.18 Å². The van der Waals surface area contributed by atoms with Crippen molar-refractivity contribution in [1.29, 1.82) is 0 Å². The van der Waals surface area contributed by atoms with Gasteiger partial charge >= 0.3 is 0 Å². The molecule has 28 heavy (non-hydrogen) atoms. The predicted octanol–water partition coefficient (Wildman–Crippen LogP) is 3.91. The van der Waals surface area contributed by atoms with Crippen LogP contribution in [0.15, 0.2) is 30.3 Å². The highest BCUT2D eigenvalue weighted by molar-refractivity contribution is 5.96. The second-order valence-electron chi connectivity index (χ2n) is 9.03. The predicted molar refractivity (Wildman–Crippen MR) is 111 cm³/mol. The smallest absolute Gasteiger partial charge is 0.253 e. The van der Waals surface area contributed by atoms with Gasteiger partial charge in [0.1, 0.15) is 5.82 Å². The monoisotopic (exact) mass is 385 g/mol. The topological polar surface area (TPSA) is 37.3 Å². The Labute approximate surface area is 167 Å². The van der Waals surface area contributed by atoms with Gasteiger partial charge in [-0.2, -0.15) is 0 Å². The molecular weight excluding hydrogens is 353 g/mol. The minimum Gasteiger partial charge on any atom is -0.348 e. The van der Waals surface area contributed by atoms with Gasteiger partial charge in [-0.25, -0.2) is 4.39 Å². The fourth-order valence-corrected chi connectivity index (χ4v) is 3.99. The summed E-state index contributed by atoms with van der Waals surface area (Å²) in [6, 6.07) is 8.93. The Hall–Kier alpha value is -2.14. The van der Waals surface area contributed by atoms with E-state index < -0.39 is 0 Å². The average molecular weight is 386 g/mol. The first kappa shape index (κ1) is 20.6. The largest absolute Gasteiger partial charge is 0.348 e. The fourth-order valence-electron chi connectivity index (χ4n) is 3.99. The molecule has 152 valence electrons.